The zero-order chi connectivity index (χ0) is 17.7. The van der Waals surface area contributed by atoms with Crippen LogP contribution in [0.5, 0.6) is 0 Å². The molecular formula is C17H26BNO5. The molecule has 0 bridgehead atoms. The highest BCUT2D eigenvalue weighted by Crippen LogP contribution is 2.46. The molecule has 6 nitrogen and oxygen atoms in total. The van der Waals surface area contributed by atoms with Gasteiger partial charge < -0.3 is 14.0 Å². The highest BCUT2D eigenvalue weighted by Gasteiger charge is 2.56. The van der Waals surface area contributed by atoms with E-state index in [9.17, 15) is 9.59 Å². The molecule has 3 rings (SSSR count). The number of imide groups is 1. The van der Waals surface area contributed by atoms with Gasteiger partial charge >= 0.3 is 13.2 Å². The maximum absolute atomic E-state index is 12.9. The van der Waals surface area contributed by atoms with Gasteiger partial charge in [0, 0.05) is 11.7 Å². The zero-order valence-corrected chi connectivity index (χ0v) is 15.1. The van der Waals surface area contributed by atoms with Crippen LogP contribution in [0.3, 0.4) is 0 Å². The average molecular weight is 335 g/mol. The monoisotopic (exact) mass is 335 g/mol. The number of hydrogen-bond donors (Lipinski definition) is 0. The molecule has 2 aliphatic heterocycles. The zero-order valence-electron chi connectivity index (χ0n) is 15.1. The Labute approximate surface area is 143 Å². The number of rotatable bonds is 2. The standard InChI is InChI=1S/C17H26BNO5/c1-11-6-7-12(14(20)19-8-9-22-15(19)21)13(10-11)18-23-16(2,3)17(4,5)24-18/h6,12-13H,7-10H2,1-5H3/t12-,13-/m1/s1. The van der Waals surface area contributed by atoms with Crippen molar-refractivity contribution in [3.8, 4) is 0 Å². The Kier molecular flexibility index (Phi) is 4.28. The molecule has 2 fully saturated rings. The summed E-state index contributed by atoms with van der Waals surface area (Å²) in [4.78, 5) is 25.9. The van der Waals surface area contributed by atoms with Crippen molar-refractivity contribution < 1.29 is 23.6 Å². The van der Waals surface area contributed by atoms with Gasteiger partial charge in [-0.15, -0.1) is 0 Å². The second-order valence-corrected chi connectivity index (χ2v) is 7.99. The van der Waals surface area contributed by atoms with E-state index in [0.29, 0.717) is 13.0 Å². The van der Waals surface area contributed by atoms with Gasteiger partial charge in [0.25, 0.3) is 0 Å². The Hall–Kier alpha value is -1.34. The summed E-state index contributed by atoms with van der Waals surface area (Å²) < 4.78 is 17.3. The molecule has 1 aliphatic carbocycles. The van der Waals surface area contributed by atoms with Gasteiger partial charge in [-0.2, -0.15) is 0 Å². The second-order valence-electron chi connectivity index (χ2n) is 7.99. The van der Waals surface area contributed by atoms with Crippen molar-refractivity contribution in [2.75, 3.05) is 13.2 Å². The number of carbonyl (C=O) groups is 2. The fourth-order valence-electron chi connectivity index (χ4n) is 3.53. The predicted octanol–water partition coefficient (Wildman–Crippen LogP) is 2.78. The molecule has 2 saturated heterocycles. The van der Waals surface area contributed by atoms with E-state index >= 15 is 0 Å². The van der Waals surface area contributed by atoms with Crippen LogP contribution in [0.4, 0.5) is 4.79 Å². The minimum atomic E-state index is -0.543. The Morgan fingerprint density at radius 1 is 1.25 bits per heavy atom. The molecule has 0 aromatic rings. The van der Waals surface area contributed by atoms with Crippen molar-refractivity contribution in [1.82, 2.24) is 4.90 Å². The van der Waals surface area contributed by atoms with Gasteiger partial charge in [-0.3, -0.25) is 4.79 Å². The topological polar surface area (TPSA) is 65.1 Å². The van der Waals surface area contributed by atoms with Gasteiger partial charge in [-0.1, -0.05) is 11.6 Å². The number of nitrogens with zero attached hydrogens (tertiary/aromatic N) is 1. The number of hydrogen-bond acceptors (Lipinski definition) is 5. The van der Waals surface area contributed by atoms with Gasteiger partial charge in [0.05, 0.1) is 17.7 Å². The van der Waals surface area contributed by atoms with Crippen molar-refractivity contribution in [1.29, 1.82) is 0 Å². The van der Waals surface area contributed by atoms with Crippen molar-refractivity contribution in [3.63, 3.8) is 0 Å². The van der Waals surface area contributed by atoms with Gasteiger partial charge in [-0.05, 0) is 47.5 Å². The molecule has 0 aromatic heterocycles. The van der Waals surface area contributed by atoms with Gasteiger partial charge in [0.2, 0.25) is 5.91 Å². The fourth-order valence-corrected chi connectivity index (χ4v) is 3.53. The summed E-state index contributed by atoms with van der Waals surface area (Å²) in [7, 11) is -0.453. The minimum absolute atomic E-state index is 0.100. The van der Waals surface area contributed by atoms with E-state index in [1.807, 2.05) is 27.7 Å². The Morgan fingerprint density at radius 3 is 2.42 bits per heavy atom. The van der Waals surface area contributed by atoms with E-state index in [-0.39, 0.29) is 24.2 Å². The summed E-state index contributed by atoms with van der Waals surface area (Å²) >= 11 is 0. The SMILES string of the molecule is CC1=CC[C@@H](C(=O)N2CCOC2=O)[C@H](B2OC(C)(C)C(C)(C)O2)C1. The lowest BCUT2D eigenvalue weighted by molar-refractivity contribution is -0.132. The summed E-state index contributed by atoms with van der Waals surface area (Å²) in [6.07, 6.45) is 2.87. The third-order valence-corrected chi connectivity index (χ3v) is 5.76. The molecule has 0 spiro atoms. The molecular weight excluding hydrogens is 309 g/mol. The van der Waals surface area contributed by atoms with Gasteiger partial charge in [0.1, 0.15) is 6.61 Å². The summed E-state index contributed by atoms with van der Waals surface area (Å²) in [6.45, 7) is 10.7. The first-order valence-corrected chi connectivity index (χ1v) is 8.62. The van der Waals surface area contributed by atoms with Crippen LogP contribution in [0, 0.1) is 5.92 Å². The van der Waals surface area contributed by atoms with Gasteiger partial charge in [-0.25, -0.2) is 9.69 Å². The van der Waals surface area contributed by atoms with Crippen molar-refractivity contribution in [3.05, 3.63) is 11.6 Å². The maximum atomic E-state index is 12.9. The lowest BCUT2D eigenvalue weighted by Crippen LogP contribution is -2.43. The molecule has 24 heavy (non-hydrogen) atoms. The van der Waals surface area contributed by atoms with Gasteiger partial charge in [0.15, 0.2) is 0 Å². The van der Waals surface area contributed by atoms with Crippen LogP contribution < -0.4 is 0 Å². The van der Waals surface area contributed by atoms with Crippen molar-refractivity contribution in [2.24, 2.45) is 5.92 Å². The molecule has 0 N–H and O–H groups in total. The molecule has 2 heterocycles. The van der Waals surface area contributed by atoms with Crippen LogP contribution in [0.25, 0.3) is 0 Å². The number of carbonyl (C=O) groups excluding carboxylic acids is 2. The number of allylic oxidation sites excluding steroid dienone is 2. The highest BCUT2D eigenvalue weighted by atomic mass is 16.7. The fraction of sp³-hybridized carbons (Fsp3) is 0.765. The van der Waals surface area contributed by atoms with Crippen LogP contribution in [-0.2, 0) is 18.8 Å². The molecule has 3 aliphatic rings. The Balaban J connectivity index is 1.83. The number of amides is 2. The first-order chi connectivity index (χ1) is 11.1. The van der Waals surface area contributed by atoms with Crippen molar-refractivity contribution >= 4 is 19.1 Å². The van der Waals surface area contributed by atoms with Crippen LogP contribution in [-0.4, -0.2) is 48.4 Å². The van der Waals surface area contributed by atoms with E-state index in [1.54, 1.807) is 0 Å². The molecule has 0 aromatic carbocycles. The van der Waals surface area contributed by atoms with Crippen LogP contribution in [0.15, 0.2) is 11.6 Å². The number of cyclic esters (lactones) is 1. The predicted molar refractivity (Wildman–Crippen MR) is 89.4 cm³/mol. The quantitative estimate of drug-likeness (QED) is 0.573. The van der Waals surface area contributed by atoms with Crippen LogP contribution >= 0.6 is 0 Å². The third kappa shape index (κ3) is 2.88. The first kappa shape index (κ1) is 17.5. The van der Waals surface area contributed by atoms with E-state index in [2.05, 4.69) is 13.0 Å². The Morgan fingerprint density at radius 2 is 1.88 bits per heavy atom. The summed E-state index contributed by atoms with van der Waals surface area (Å²) in [5.74, 6) is -0.605. The minimum Gasteiger partial charge on any atom is -0.447 e. The molecule has 132 valence electrons. The molecule has 7 heteroatoms. The van der Waals surface area contributed by atoms with E-state index in [1.165, 1.54) is 10.5 Å². The average Bonchev–Trinajstić information content (AvgIpc) is 2.99. The molecule has 2 atom stereocenters. The molecule has 0 radical (unpaired) electrons. The number of ether oxygens (including phenoxy) is 1. The third-order valence-electron chi connectivity index (χ3n) is 5.76. The molecule has 0 saturated carbocycles. The van der Waals surface area contributed by atoms with Crippen LogP contribution in [0.2, 0.25) is 5.82 Å². The van der Waals surface area contributed by atoms with Crippen LogP contribution in [0.1, 0.15) is 47.5 Å². The molecule has 2 amide bonds. The smallest absolute Gasteiger partial charge is 0.447 e. The lowest BCUT2D eigenvalue weighted by Gasteiger charge is -2.32. The first-order valence-electron chi connectivity index (χ1n) is 8.62. The van der Waals surface area contributed by atoms with E-state index < -0.39 is 24.4 Å². The summed E-state index contributed by atoms with van der Waals surface area (Å²) in [5.41, 5.74) is 0.350. The normalized spacial score (nSPS) is 31.9. The van der Waals surface area contributed by atoms with E-state index in [4.69, 9.17) is 14.0 Å². The van der Waals surface area contributed by atoms with Crippen molar-refractivity contribution in [2.45, 2.75) is 64.5 Å². The Bertz CT molecular complexity index is 570. The summed E-state index contributed by atoms with van der Waals surface area (Å²) in [6, 6.07) is 0. The highest BCUT2D eigenvalue weighted by molar-refractivity contribution is 6.48. The summed E-state index contributed by atoms with van der Waals surface area (Å²) in [5, 5.41) is 0. The largest absolute Gasteiger partial charge is 0.462 e. The lowest BCUT2D eigenvalue weighted by atomic mass is 9.59. The maximum Gasteiger partial charge on any atom is 0.462 e. The van der Waals surface area contributed by atoms with E-state index in [0.717, 1.165) is 6.42 Å². The second kappa shape index (κ2) is 5.88. The molecule has 0 unspecified atom stereocenters.